The maximum atomic E-state index is 14.0. The first-order valence-electron chi connectivity index (χ1n) is 12.7. The van der Waals surface area contributed by atoms with E-state index in [1.807, 2.05) is 84.9 Å². The molecule has 1 aliphatic rings. The largest absolute Gasteiger partial charge is 0.497 e. The summed E-state index contributed by atoms with van der Waals surface area (Å²) < 4.78 is 22.4. The van der Waals surface area contributed by atoms with Crippen LogP contribution in [0.2, 0.25) is 0 Å². The number of anilines is 1. The molecule has 0 fully saturated rings. The molecule has 0 bridgehead atoms. The van der Waals surface area contributed by atoms with E-state index in [1.165, 1.54) is 14.2 Å². The fourth-order valence-corrected chi connectivity index (χ4v) is 4.99. The van der Waals surface area contributed by atoms with Crippen molar-refractivity contribution in [1.82, 2.24) is 0 Å². The van der Waals surface area contributed by atoms with Gasteiger partial charge in [0.1, 0.15) is 11.5 Å². The van der Waals surface area contributed by atoms with E-state index in [1.54, 1.807) is 31.4 Å². The molecule has 0 aromatic heterocycles. The Labute approximate surface area is 233 Å². The third-order valence-corrected chi connectivity index (χ3v) is 6.98. The van der Waals surface area contributed by atoms with Crippen LogP contribution in [0.3, 0.4) is 0 Å². The molecule has 0 amide bonds. The molecule has 7 nitrogen and oxygen atoms in total. The van der Waals surface area contributed by atoms with Gasteiger partial charge in [0.25, 0.3) is 0 Å². The maximum absolute atomic E-state index is 14.0. The number of carbonyl (C=O) groups is 2. The second-order valence-electron chi connectivity index (χ2n) is 9.17. The van der Waals surface area contributed by atoms with Crippen molar-refractivity contribution in [3.8, 4) is 11.5 Å². The van der Waals surface area contributed by atoms with Gasteiger partial charge in [-0.1, -0.05) is 72.8 Å². The molecule has 0 spiro atoms. The van der Waals surface area contributed by atoms with Gasteiger partial charge in [0, 0.05) is 11.3 Å². The number of fused-ring (bicyclic) bond motifs is 1. The van der Waals surface area contributed by atoms with Crippen LogP contribution in [-0.2, 0) is 19.8 Å². The molecular formula is C33H29NO6. The molecule has 4 aromatic rings. The predicted octanol–water partition coefficient (Wildman–Crippen LogP) is 5.86. The number of esters is 2. The fourth-order valence-electron chi connectivity index (χ4n) is 4.99. The molecule has 0 unspecified atom stereocenters. The molecule has 7 heteroatoms. The van der Waals surface area contributed by atoms with Crippen LogP contribution in [0.4, 0.5) is 5.69 Å². The van der Waals surface area contributed by atoms with Crippen LogP contribution >= 0.6 is 0 Å². The Morgan fingerprint density at radius 3 is 2.15 bits per heavy atom. The van der Waals surface area contributed by atoms with E-state index >= 15 is 0 Å². The van der Waals surface area contributed by atoms with Crippen molar-refractivity contribution in [1.29, 1.82) is 0 Å². The first-order valence-corrected chi connectivity index (χ1v) is 12.7. The van der Waals surface area contributed by atoms with Crippen LogP contribution in [0.5, 0.6) is 11.5 Å². The third kappa shape index (κ3) is 4.78. The monoisotopic (exact) mass is 535 g/mol. The molecule has 1 heterocycles. The van der Waals surface area contributed by atoms with Crippen LogP contribution in [0.15, 0.2) is 109 Å². The lowest BCUT2D eigenvalue weighted by molar-refractivity contribution is -0.149. The van der Waals surface area contributed by atoms with Crippen LogP contribution in [-0.4, -0.2) is 39.4 Å². The molecule has 0 saturated heterocycles. The molecule has 202 valence electrons. The summed E-state index contributed by atoms with van der Waals surface area (Å²) in [6.07, 6.45) is 1.03. The molecule has 5 rings (SSSR count). The molecule has 1 N–H and O–H groups in total. The summed E-state index contributed by atoms with van der Waals surface area (Å²) in [4.78, 5) is 26.7. The summed E-state index contributed by atoms with van der Waals surface area (Å²) in [5, 5.41) is 3.37. The average molecular weight is 536 g/mol. The molecule has 4 aromatic carbocycles. The van der Waals surface area contributed by atoms with E-state index in [4.69, 9.17) is 18.9 Å². The minimum atomic E-state index is -1.59. The number of carbonyl (C=O) groups excluding carboxylic acids is 2. The van der Waals surface area contributed by atoms with Gasteiger partial charge in [-0.15, -0.1) is 0 Å². The number of benzene rings is 4. The van der Waals surface area contributed by atoms with Crippen molar-refractivity contribution in [3.63, 3.8) is 0 Å². The first kappa shape index (κ1) is 26.6. The van der Waals surface area contributed by atoms with Crippen molar-refractivity contribution in [2.45, 2.75) is 11.6 Å². The third-order valence-electron chi connectivity index (χ3n) is 6.98. The topological polar surface area (TPSA) is 83.1 Å². The normalized spacial score (nSPS) is 15.4. The Morgan fingerprint density at radius 1 is 0.775 bits per heavy atom. The zero-order chi connectivity index (χ0) is 28.1. The lowest BCUT2D eigenvalue weighted by Crippen LogP contribution is -2.56. The Balaban J connectivity index is 1.75. The van der Waals surface area contributed by atoms with Crippen molar-refractivity contribution >= 4 is 23.2 Å². The minimum Gasteiger partial charge on any atom is -0.497 e. The van der Waals surface area contributed by atoms with E-state index in [0.29, 0.717) is 17.0 Å². The molecule has 40 heavy (non-hydrogen) atoms. The van der Waals surface area contributed by atoms with Gasteiger partial charge >= 0.3 is 11.9 Å². The SMILES string of the molecule is COC(=O)c1ccccc1N[C@](C(=O)OC)(c1ccccc1)[C@@H]1C=C(c2ccc(OC)cc2)c2ccccc2O1. The molecular weight excluding hydrogens is 506 g/mol. The number of rotatable bonds is 8. The number of ether oxygens (including phenoxy) is 4. The Bertz CT molecular complexity index is 1550. The number of para-hydroxylation sites is 2. The van der Waals surface area contributed by atoms with Gasteiger partial charge in [0.05, 0.1) is 26.9 Å². The Hall–Kier alpha value is -5.04. The Morgan fingerprint density at radius 2 is 1.45 bits per heavy atom. The summed E-state index contributed by atoms with van der Waals surface area (Å²) >= 11 is 0. The standard InChI is InChI=1S/C33H29NO6/c1-37-24-19-17-22(18-20-24)27-21-30(40-29-16-10-8-13-25(27)29)33(32(36)39-3,23-11-5-4-6-12-23)34-28-15-9-7-14-26(28)31(35)38-2/h4-21,30,34H,1-3H3/t30-,33+/m0/s1. The second-order valence-corrected chi connectivity index (χ2v) is 9.17. The van der Waals surface area contributed by atoms with Crippen LogP contribution in [0.25, 0.3) is 5.57 Å². The smallest absolute Gasteiger partial charge is 0.340 e. The van der Waals surface area contributed by atoms with E-state index in [0.717, 1.165) is 22.4 Å². The van der Waals surface area contributed by atoms with Crippen LogP contribution in [0, 0.1) is 0 Å². The predicted molar refractivity (Wildman–Crippen MR) is 152 cm³/mol. The first-order chi connectivity index (χ1) is 19.5. The van der Waals surface area contributed by atoms with Gasteiger partial charge in [-0.25, -0.2) is 9.59 Å². The Kier molecular flexibility index (Phi) is 7.55. The highest BCUT2D eigenvalue weighted by Crippen LogP contribution is 2.43. The lowest BCUT2D eigenvalue weighted by atomic mass is 9.80. The highest BCUT2D eigenvalue weighted by Gasteiger charge is 2.51. The van der Waals surface area contributed by atoms with Crippen LogP contribution < -0.4 is 14.8 Å². The van der Waals surface area contributed by atoms with Crippen molar-refractivity contribution in [3.05, 3.63) is 131 Å². The molecule has 1 aliphatic heterocycles. The summed E-state index contributed by atoms with van der Waals surface area (Å²) in [5.41, 5.74) is 2.34. The van der Waals surface area contributed by atoms with Gasteiger partial charge in [0.15, 0.2) is 6.10 Å². The number of methoxy groups -OCH3 is 3. The highest BCUT2D eigenvalue weighted by molar-refractivity contribution is 5.98. The van der Waals surface area contributed by atoms with Crippen LogP contribution in [0.1, 0.15) is 27.0 Å². The molecule has 0 saturated carbocycles. The van der Waals surface area contributed by atoms with Gasteiger partial charge in [-0.2, -0.15) is 0 Å². The van der Waals surface area contributed by atoms with Gasteiger partial charge in [-0.05, 0) is 53.1 Å². The zero-order valence-electron chi connectivity index (χ0n) is 22.4. The highest BCUT2D eigenvalue weighted by atomic mass is 16.5. The molecule has 0 aliphatic carbocycles. The second kappa shape index (κ2) is 11.4. The fraction of sp³-hybridized carbons (Fsp3) is 0.152. The maximum Gasteiger partial charge on any atom is 0.340 e. The van der Waals surface area contributed by atoms with E-state index in [2.05, 4.69) is 5.32 Å². The van der Waals surface area contributed by atoms with Crippen molar-refractivity contribution < 1.29 is 28.5 Å². The van der Waals surface area contributed by atoms with Crippen molar-refractivity contribution in [2.75, 3.05) is 26.6 Å². The lowest BCUT2D eigenvalue weighted by Gasteiger charge is -2.41. The van der Waals surface area contributed by atoms with Gasteiger partial charge in [0.2, 0.25) is 5.54 Å². The zero-order valence-corrected chi connectivity index (χ0v) is 22.4. The quantitative estimate of drug-likeness (QED) is 0.283. The average Bonchev–Trinajstić information content (AvgIpc) is 3.03. The minimum absolute atomic E-state index is 0.268. The summed E-state index contributed by atoms with van der Waals surface area (Å²) in [6.45, 7) is 0. The van der Waals surface area contributed by atoms with Gasteiger partial charge < -0.3 is 24.3 Å². The number of hydrogen-bond acceptors (Lipinski definition) is 7. The summed E-state index contributed by atoms with van der Waals surface area (Å²) in [7, 11) is 4.27. The summed E-state index contributed by atoms with van der Waals surface area (Å²) in [6, 6.07) is 31.4. The van der Waals surface area contributed by atoms with Crippen molar-refractivity contribution in [2.24, 2.45) is 0 Å². The molecule has 0 radical (unpaired) electrons. The van der Waals surface area contributed by atoms with E-state index in [9.17, 15) is 9.59 Å². The number of nitrogens with one attached hydrogen (secondary N) is 1. The molecule has 2 atom stereocenters. The number of hydrogen-bond donors (Lipinski definition) is 1. The van der Waals surface area contributed by atoms with E-state index in [-0.39, 0.29) is 5.56 Å². The summed E-state index contributed by atoms with van der Waals surface area (Å²) in [5.74, 6) is 0.205. The van der Waals surface area contributed by atoms with Gasteiger partial charge in [-0.3, -0.25) is 0 Å². The van der Waals surface area contributed by atoms with E-state index < -0.39 is 23.6 Å².